The zero-order valence-corrected chi connectivity index (χ0v) is 10.0. The van der Waals surface area contributed by atoms with E-state index in [1.54, 1.807) is 0 Å². The van der Waals surface area contributed by atoms with Crippen LogP contribution in [0.5, 0.6) is 0 Å². The van der Waals surface area contributed by atoms with E-state index in [1.165, 1.54) is 11.1 Å². The summed E-state index contributed by atoms with van der Waals surface area (Å²) in [6.07, 6.45) is 0. The van der Waals surface area contributed by atoms with Gasteiger partial charge in [0.2, 0.25) is 0 Å². The molecule has 14 heavy (non-hydrogen) atoms. The number of aryl methyl sites for hydroxylation is 2. The van der Waals surface area contributed by atoms with Crippen molar-refractivity contribution in [2.24, 2.45) is 0 Å². The highest BCUT2D eigenvalue weighted by Gasteiger charge is 2.06. The first-order chi connectivity index (χ1) is 6.59. The Labute approximate surface area is 91.5 Å². The fourth-order valence-electron chi connectivity index (χ4n) is 1.52. The Hall–Kier alpha value is -0.960. The summed E-state index contributed by atoms with van der Waals surface area (Å²) in [6, 6.07) is 4.01. The van der Waals surface area contributed by atoms with Gasteiger partial charge in [-0.3, -0.25) is 0 Å². The molecule has 0 unspecified atom stereocenters. The first kappa shape index (κ1) is 9.59. The predicted octanol–water partition coefficient (Wildman–Crippen LogP) is 3.32. The van der Waals surface area contributed by atoms with Crippen LogP contribution in [0.25, 0.3) is 11.0 Å². The van der Waals surface area contributed by atoms with Crippen LogP contribution in [0.2, 0.25) is 0 Å². The third-order valence-corrected chi connectivity index (χ3v) is 3.07. The summed E-state index contributed by atoms with van der Waals surface area (Å²) < 4.78 is 0.833. The summed E-state index contributed by atoms with van der Waals surface area (Å²) in [7, 11) is 0. The molecule has 0 saturated carbocycles. The van der Waals surface area contributed by atoms with Crippen LogP contribution in [0.3, 0.4) is 0 Å². The molecular formula is C11H11BrN2. The van der Waals surface area contributed by atoms with Gasteiger partial charge in [-0.2, -0.15) is 0 Å². The first-order valence-electron chi connectivity index (χ1n) is 4.49. The number of hydrogen-bond acceptors (Lipinski definition) is 2. The Balaban J connectivity index is 2.91. The normalized spacial score (nSPS) is 10.9. The maximum Gasteiger partial charge on any atom is 0.160 e. The van der Waals surface area contributed by atoms with Crippen molar-refractivity contribution in [3.63, 3.8) is 0 Å². The van der Waals surface area contributed by atoms with Gasteiger partial charge >= 0.3 is 0 Å². The molecule has 0 N–H and O–H groups in total. The molecule has 0 saturated heterocycles. The van der Waals surface area contributed by atoms with Gasteiger partial charge in [0.15, 0.2) is 5.65 Å². The maximum absolute atomic E-state index is 4.46. The molecule has 0 radical (unpaired) electrons. The van der Waals surface area contributed by atoms with Gasteiger partial charge in [0, 0.05) is 11.1 Å². The lowest BCUT2D eigenvalue weighted by molar-refractivity contribution is 1.13. The minimum absolute atomic E-state index is 0.819. The number of pyridine rings is 2. The molecular weight excluding hydrogens is 240 g/mol. The van der Waals surface area contributed by atoms with E-state index in [-0.39, 0.29) is 0 Å². The van der Waals surface area contributed by atoms with Crippen molar-refractivity contribution in [1.29, 1.82) is 0 Å². The van der Waals surface area contributed by atoms with Gasteiger partial charge in [0.25, 0.3) is 0 Å². The molecule has 0 aliphatic rings. The second kappa shape index (κ2) is 3.31. The lowest BCUT2D eigenvalue weighted by atomic mass is 10.1. The molecule has 0 bridgehead atoms. The number of fused-ring (bicyclic) bond motifs is 1. The predicted molar refractivity (Wildman–Crippen MR) is 61.4 cm³/mol. The molecule has 2 nitrogen and oxygen atoms in total. The van der Waals surface area contributed by atoms with E-state index in [1.807, 2.05) is 13.0 Å². The van der Waals surface area contributed by atoms with E-state index in [4.69, 9.17) is 0 Å². The molecule has 0 fully saturated rings. The summed E-state index contributed by atoms with van der Waals surface area (Å²) >= 11 is 3.35. The molecule has 0 spiro atoms. The molecule has 2 aromatic rings. The lowest BCUT2D eigenvalue weighted by Crippen LogP contribution is -1.95. The van der Waals surface area contributed by atoms with Gasteiger partial charge in [0.1, 0.15) is 4.60 Å². The van der Waals surface area contributed by atoms with Crippen LogP contribution in [0, 0.1) is 20.8 Å². The van der Waals surface area contributed by atoms with Crippen molar-refractivity contribution in [3.8, 4) is 0 Å². The van der Waals surface area contributed by atoms with E-state index >= 15 is 0 Å². The summed E-state index contributed by atoms with van der Waals surface area (Å²) in [5, 5.41) is 1.14. The first-order valence-corrected chi connectivity index (χ1v) is 5.29. The summed E-state index contributed by atoms with van der Waals surface area (Å²) in [5.74, 6) is 0. The molecule has 0 aliphatic heterocycles. The van der Waals surface area contributed by atoms with Crippen LogP contribution >= 0.6 is 15.9 Å². The summed E-state index contributed by atoms with van der Waals surface area (Å²) in [4.78, 5) is 8.80. The average molecular weight is 251 g/mol. The third-order valence-electron chi connectivity index (χ3n) is 2.62. The fraction of sp³-hybridized carbons (Fsp3) is 0.273. The molecule has 72 valence electrons. The van der Waals surface area contributed by atoms with Crippen molar-refractivity contribution < 1.29 is 0 Å². The molecule has 2 heterocycles. The van der Waals surface area contributed by atoms with Gasteiger partial charge in [-0.05, 0) is 60.0 Å². The van der Waals surface area contributed by atoms with E-state index < -0.39 is 0 Å². The second-order valence-electron chi connectivity index (χ2n) is 3.45. The van der Waals surface area contributed by atoms with Crippen molar-refractivity contribution in [1.82, 2.24) is 9.97 Å². The topological polar surface area (TPSA) is 25.8 Å². The summed E-state index contributed by atoms with van der Waals surface area (Å²) in [5.41, 5.74) is 4.40. The zero-order chi connectivity index (χ0) is 10.3. The van der Waals surface area contributed by atoms with E-state index in [2.05, 4.69) is 45.8 Å². The lowest BCUT2D eigenvalue weighted by Gasteiger charge is -2.07. The smallest absolute Gasteiger partial charge is 0.160 e. The van der Waals surface area contributed by atoms with Gasteiger partial charge in [-0.25, -0.2) is 9.97 Å². The van der Waals surface area contributed by atoms with Gasteiger partial charge < -0.3 is 0 Å². The monoisotopic (exact) mass is 250 g/mol. The Kier molecular flexibility index (Phi) is 2.27. The fourth-order valence-corrected chi connectivity index (χ4v) is 1.82. The molecule has 0 atom stereocenters. The van der Waals surface area contributed by atoms with Crippen LogP contribution in [0.15, 0.2) is 16.7 Å². The standard InChI is InChI=1S/C11H11BrN2/c1-6-7(2)9-4-5-10(12)14-11(9)13-8(6)3/h4-5H,1-3H3. The molecule has 0 amide bonds. The van der Waals surface area contributed by atoms with Crippen LogP contribution in [-0.2, 0) is 0 Å². The molecule has 2 aromatic heterocycles. The third kappa shape index (κ3) is 1.42. The van der Waals surface area contributed by atoms with Crippen molar-refractivity contribution in [2.75, 3.05) is 0 Å². The Morgan fingerprint density at radius 3 is 2.43 bits per heavy atom. The minimum atomic E-state index is 0.819. The van der Waals surface area contributed by atoms with Crippen molar-refractivity contribution >= 4 is 27.0 Å². The van der Waals surface area contributed by atoms with Crippen molar-refractivity contribution in [2.45, 2.75) is 20.8 Å². The number of nitrogens with zero attached hydrogens (tertiary/aromatic N) is 2. The van der Waals surface area contributed by atoms with Gasteiger partial charge in [-0.15, -0.1) is 0 Å². The maximum atomic E-state index is 4.46. The molecule has 0 aliphatic carbocycles. The number of hydrogen-bond donors (Lipinski definition) is 0. The van der Waals surface area contributed by atoms with Crippen LogP contribution in [0.4, 0.5) is 0 Å². The highest BCUT2D eigenvalue weighted by Crippen LogP contribution is 2.22. The second-order valence-corrected chi connectivity index (χ2v) is 4.26. The number of rotatable bonds is 0. The van der Waals surface area contributed by atoms with Crippen LogP contribution < -0.4 is 0 Å². The Bertz CT molecular complexity index is 506. The molecule has 2 rings (SSSR count). The quantitative estimate of drug-likeness (QED) is 0.671. The van der Waals surface area contributed by atoms with Crippen molar-refractivity contribution in [3.05, 3.63) is 33.6 Å². The molecule has 3 heteroatoms. The zero-order valence-electron chi connectivity index (χ0n) is 8.43. The van der Waals surface area contributed by atoms with E-state index in [9.17, 15) is 0 Å². The average Bonchev–Trinajstić information content (AvgIpc) is 2.14. The summed E-state index contributed by atoms with van der Waals surface area (Å²) in [6.45, 7) is 6.23. The highest BCUT2D eigenvalue weighted by atomic mass is 79.9. The van der Waals surface area contributed by atoms with Crippen LogP contribution in [0.1, 0.15) is 16.8 Å². The largest absolute Gasteiger partial charge is 0.233 e. The van der Waals surface area contributed by atoms with Crippen LogP contribution in [-0.4, -0.2) is 9.97 Å². The highest BCUT2D eigenvalue weighted by molar-refractivity contribution is 9.10. The van der Waals surface area contributed by atoms with E-state index in [0.29, 0.717) is 0 Å². The SMILES string of the molecule is Cc1nc2nc(Br)ccc2c(C)c1C. The Morgan fingerprint density at radius 1 is 1.00 bits per heavy atom. The minimum Gasteiger partial charge on any atom is -0.233 e. The molecule has 0 aromatic carbocycles. The number of halogens is 1. The van der Waals surface area contributed by atoms with E-state index in [0.717, 1.165) is 21.3 Å². The van der Waals surface area contributed by atoms with Gasteiger partial charge in [0.05, 0.1) is 0 Å². The number of aromatic nitrogens is 2. The Morgan fingerprint density at radius 2 is 1.71 bits per heavy atom. The van der Waals surface area contributed by atoms with Gasteiger partial charge in [-0.1, -0.05) is 0 Å².